The van der Waals surface area contributed by atoms with E-state index in [1.54, 1.807) is 0 Å². The minimum Gasteiger partial charge on any atom is -0.381 e. The SMILES string of the molecule is CNC1CCOCC1CN1CCCC(C(F)(F)F)C1. The monoisotopic (exact) mass is 280 g/mol. The number of likely N-dealkylation sites (tertiary alicyclic amines) is 1. The third-order valence-electron chi connectivity index (χ3n) is 4.31. The summed E-state index contributed by atoms with van der Waals surface area (Å²) in [4.78, 5) is 1.96. The molecule has 19 heavy (non-hydrogen) atoms. The summed E-state index contributed by atoms with van der Waals surface area (Å²) in [7, 11) is 1.91. The van der Waals surface area contributed by atoms with Crippen LogP contribution in [0.25, 0.3) is 0 Å². The van der Waals surface area contributed by atoms with Gasteiger partial charge in [0.2, 0.25) is 0 Å². The van der Waals surface area contributed by atoms with Gasteiger partial charge in [0.05, 0.1) is 12.5 Å². The Balaban J connectivity index is 1.87. The number of hydrogen-bond donors (Lipinski definition) is 1. The third-order valence-corrected chi connectivity index (χ3v) is 4.31. The van der Waals surface area contributed by atoms with Gasteiger partial charge in [-0.15, -0.1) is 0 Å². The second-order valence-electron chi connectivity index (χ2n) is 5.66. The van der Waals surface area contributed by atoms with Crippen LogP contribution in [0.15, 0.2) is 0 Å². The molecule has 6 heteroatoms. The summed E-state index contributed by atoms with van der Waals surface area (Å²) in [6, 6.07) is 0.361. The molecule has 0 saturated carbocycles. The van der Waals surface area contributed by atoms with Gasteiger partial charge in [-0.25, -0.2) is 0 Å². The van der Waals surface area contributed by atoms with Crippen LogP contribution in [-0.2, 0) is 4.74 Å². The van der Waals surface area contributed by atoms with Gasteiger partial charge in [-0.2, -0.15) is 13.2 Å². The molecular weight excluding hydrogens is 257 g/mol. The van der Waals surface area contributed by atoms with E-state index in [1.807, 2.05) is 11.9 Å². The Morgan fingerprint density at radius 2 is 2.11 bits per heavy atom. The summed E-state index contributed by atoms with van der Waals surface area (Å²) in [5.74, 6) is -0.857. The van der Waals surface area contributed by atoms with Gasteiger partial charge in [0, 0.05) is 31.7 Å². The van der Waals surface area contributed by atoms with Crippen molar-refractivity contribution in [3.05, 3.63) is 0 Å². The summed E-state index contributed by atoms with van der Waals surface area (Å²) in [5.41, 5.74) is 0. The molecule has 0 radical (unpaired) electrons. The number of alkyl halides is 3. The Morgan fingerprint density at radius 3 is 2.79 bits per heavy atom. The minimum atomic E-state index is -4.05. The molecule has 2 saturated heterocycles. The first-order valence-corrected chi connectivity index (χ1v) is 7.04. The average molecular weight is 280 g/mol. The number of hydrogen-bond acceptors (Lipinski definition) is 3. The van der Waals surface area contributed by atoms with Gasteiger partial charge < -0.3 is 15.0 Å². The van der Waals surface area contributed by atoms with Crippen molar-refractivity contribution in [2.75, 3.05) is 39.9 Å². The zero-order valence-corrected chi connectivity index (χ0v) is 11.4. The maximum absolute atomic E-state index is 12.8. The third kappa shape index (κ3) is 4.07. The van der Waals surface area contributed by atoms with Crippen molar-refractivity contribution in [2.45, 2.75) is 31.5 Å². The topological polar surface area (TPSA) is 24.5 Å². The van der Waals surface area contributed by atoms with E-state index >= 15 is 0 Å². The van der Waals surface area contributed by atoms with E-state index in [0.29, 0.717) is 31.5 Å². The Hall–Kier alpha value is -0.330. The highest BCUT2D eigenvalue weighted by Gasteiger charge is 2.42. The van der Waals surface area contributed by atoms with Crippen LogP contribution in [0.5, 0.6) is 0 Å². The Morgan fingerprint density at radius 1 is 1.32 bits per heavy atom. The second kappa shape index (κ2) is 6.41. The van der Waals surface area contributed by atoms with E-state index in [1.165, 1.54) is 0 Å². The van der Waals surface area contributed by atoms with Gasteiger partial charge in [-0.1, -0.05) is 0 Å². The van der Waals surface area contributed by atoms with Crippen molar-refractivity contribution in [2.24, 2.45) is 11.8 Å². The molecule has 0 aromatic rings. The van der Waals surface area contributed by atoms with Crippen molar-refractivity contribution in [3.63, 3.8) is 0 Å². The van der Waals surface area contributed by atoms with Gasteiger partial charge in [-0.3, -0.25) is 0 Å². The van der Waals surface area contributed by atoms with E-state index in [-0.39, 0.29) is 13.0 Å². The van der Waals surface area contributed by atoms with Gasteiger partial charge in [0.25, 0.3) is 0 Å². The lowest BCUT2D eigenvalue weighted by molar-refractivity contribution is -0.187. The number of rotatable bonds is 3. The number of halogens is 3. The smallest absolute Gasteiger partial charge is 0.381 e. The minimum absolute atomic E-state index is 0.149. The molecule has 2 fully saturated rings. The van der Waals surface area contributed by atoms with E-state index in [2.05, 4.69) is 5.32 Å². The van der Waals surface area contributed by atoms with Crippen LogP contribution < -0.4 is 5.32 Å². The van der Waals surface area contributed by atoms with Crippen LogP contribution in [0.1, 0.15) is 19.3 Å². The molecule has 2 aliphatic rings. The number of nitrogens with one attached hydrogen (secondary N) is 1. The molecule has 0 aliphatic carbocycles. The van der Waals surface area contributed by atoms with Gasteiger partial charge in [-0.05, 0) is 32.9 Å². The lowest BCUT2D eigenvalue weighted by Crippen LogP contribution is -2.50. The largest absolute Gasteiger partial charge is 0.393 e. The second-order valence-corrected chi connectivity index (χ2v) is 5.66. The van der Waals surface area contributed by atoms with Gasteiger partial charge >= 0.3 is 6.18 Å². The van der Waals surface area contributed by atoms with Crippen LogP contribution in [0.4, 0.5) is 13.2 Å². The summed E-state index contributed by atoms with van der Waals surface area (Å²) in [5, 5.41) is 3.26. The summed E-state index contributed by atoms with van der Waals surface area (Å²) in [6.07, 6.45) is -2.19. The first-order chi connectivity index (χ1) is 9.00. The maximum atomic E-state index is 12.8. The van der Waals surface area contributed by atoms with Crippen LogP contribution in [0, 0.1) is 11.8 Å². The predicted octanol–water partition coefficient (Wildman–Crippen LogP) is 1.89. The first-order valence-electron chi connectivity index (χ1n) is 7.04. The molecular formula is C13H23F3N2O. The molecule has 2 heterocycles. The molecule has 112 valence electrons. The molecule has 2 aliphatic heterocycles. The normalized spacial score (nSPS) is 34.4. The zero-order valence-electron chi connectivity index (χ0n) is 11.4. The summed E-state index contributed by atoms with van der Waals surface area (Å²) >= 11 is 0. The molecule has 2 rings (SSSR count). The molecule has 0 aromatic carbocycles. The molecule has 0 bridgehead atoms. The van der Waals surface area contributed by atoms with Crippen LogP contribution in [0.3, 0.4) is 0 Å². The van der Waals surface area contributed by atoms with Gasteiger partial charge in [0.1, 0.15) is 0 Å². The molecule has 0 aromatic heterocycles. The molecule has 0 spiro atoms. The quantitative estimate of drug-likeness (QED) is 0.854. The van der Waals surface area contributed by atoms with E-state index < -0.39 is 12.1 Å². The number of nitrogens with zero attached hydrogens (tertiary/aromatic N) is 1. The number of piperidine rings is 1. The highest BCUT2D eigenvalue weighted by atomic mass is 19.4. The average Bonchev–Trinajstić information content (AvgIpc) is 2.39. The van der Waals surface area contributed by atoms with Crippen molar-refractivity contribution >= 4 is 0 Å². The van der Waals surface area contributed by atoms with Crippen LogP contribution >= 0.6 is 0 Å². The molecule has 3 nitrogen and oxygen atoms in total. The molecule has 3 atom stereocenters. The Kier molecular flexibility index (Phi) is 5.09. The fraction of sp³-hybridized carbons (Fsp3) is 1.00. The fourth-order valence-electron chi connectivity index (χ4n) is 3.18. The van der Waals surface area contributed by atoms with E-state index in [0.717, 1.165) is 19.6 Å². The van der Waals surface area contributed by atoms with E-state index in [9.17, 15) is 13.2 Å². The van der Waals surface area contributed by atoms with E-state index in [4.69, 9.17) is 4.74 Å². The fourth-order valence-corrected chi connectivity index (χ4v) is 3.18. The summed E-state index contributed by atoms with van der Waals surface area (Å²) in [6.45, 7) is 3.03. The zero-order chi connectivity index (χ0) is 13.9. The lowest BCUT2D eigenvalue weighted by atomic mass is 9.92. The highest BCUT2D eigenvalue weighted by Crippen LogP contribution is 2.33. The van der Waals surface area contributed by atoms with Crippen LogP contribution in [-0.4, -0.2) is 57.0 Å². The molecule has 0 amide bonds. The van der Waals surface area contributed by atoms with Crippen molar-refractivity contribution in [1.82, 2.24) is 10.2 Å². The Labute approximate surface area is 112 Å². The molecule has 3 unspecified atom stereocenters. The van der Waals surface area contributed by atoms with Gasteiger partial charge in [0.15, 0.2) is 0 Å². The summed E-state index contributed by atoms with van der Waals surface area (Å²) < 4.78 is 43.8. The van der Waals surface area contributed by atoms with Crippen molar-refractivity contribution in [3.8, 4) is 0 Å². The van der Waals surface area contributed by atoms with Crippen molar-refractivity contribution < 1.29 is 17.9 Å². The maximum Gasteiger partial charge on any atom is 0.393 e. The predicted molar refractivity (Wildman–Crippen MR) is 67.0 cm³/mol. The first kappa shape index (κ1) is 15.1. The standard InChI is InChI=1S/C13H23F3N2O/c1-17-12-4-6-19-9-10(12)7-18-5-2-3-11(8-18)13(14,15)16/h10-12,17H,2-9H2,1H3. The lowest BCUT2D eigenvalue weighted by Gasteiger charge is -2.39. The molecule has 1 N–H and O–H groups in total. The number of ether oxygens (including phenoxy) is 1. The Bertz CT molecular complexity index is 286. The van der Waals surface area contributed by atoms with Crippen molar-refractivity contribution in [1.29, 1.82) is 0 Å². The highest BCUT2D eigenvalue weighted by molar-refractivity contribution is 4.84. The van der Waals surface area contributed by atoms with Crippen LogP contribution in [0.2, 0.25) is 0 Å².